The number of pyridine rings is 1. The molecule has 1 amide bonds. The number of nitrogens with zero attached hydrogens (tertiary/aromatic N) is 4. The van der Waals surface area contributed by atoms with Crippen molar-refractivity contribution in [3.63, 3.8) is 0 Å². The number of amides is 1. The van der Waals surface area contributed by atoms with Crippen molar-refractivity contribution in [1.29, 1.82) is 0 Å². The van der Waals surface area contributed by atoms with Gasteiger partial charge in [0, 0.05) is 50.3 Å². The lowest BCUT2D eigenvalue weighted by Gasteiger charge is -2.48. The van der Waals surface area contributed by atoms with Crippen molar-refractivity contribution >= 4 is 11.6 Å². The lowest BCUT2D eigenvalue weighted by molar-refractivity contribution is -0.139. The van der Waals surface area contributed by atoms with Gasteiger partial charge in [0.2, 0.25) is 5.91 Å². The molecule has 27 heavy (non-hydrogen) atoms. The number of fused-ring (bicyclic) bond motifs is 1. The highest BCUT2D eigenvalue weighted by molar-refractivity contribution is 5.77. The van der Waals surface area contributed by atoms with Crippen LogP contribution < -0.4 is 5.56 Å². The van der Waals surface area contributed by atoms with Crippen molar-refractivity contribution in [3.8, 4) is 0 Å². The Labute approximate surface area is 159 Å². The predicted molar refractivity (Wildman–Crippen MR) is 105 cm³/mol. The molecular formula is C21H28N4O2. The van der Waals surface area contributed by atoms with E-state index in [0.717, 1.165) is 50.3 Å². The molecule has 6 nitrogen and oxygen atoms in total. The van der Waals surface area contributed by atoms with Gasteiger partial charge < -0.3 is 4.90 Å². The Hall–Kier alpha value is -2.21. The Kier molecular flexibility index (Phi) is 4.76. The average molecular weight is 368 g/mol. The fraction of sp³-hybridized carbons (Fsp3) is 0.571. The molecule has 2 saturated heterocycles. The summed E-state index contributed by atoms with van der Waals surface area (Å²) >= 11 is 0. The van der Waals surface area contributed by atoms with E-state index >= 15 is 0 Å². The molecule has 4 heterocycles. The van der Waals surface area contributed by atoms with Crippen LogP contribution in [0.2, 0.25) is 0 Å². The molecule has 6 heteroatoms. The molecule has 2 aliphatic rings. The lowest BCUT2D eigenvalue weighted by atomic mass is 9.73. The minimum Gasteiger partial charge on any atom is -0.342 e. The van der Waals surface area contributed by atoms with Gasteiger partial charge in [0.25, 0.3) is 5.56 Å². The summed E-state index contributed by atoms with van der Waals surface area (Å²) in [4.78, 5) is 33.7. The predicted octanol–water partition coefficient (Wildman–Crippen LogP) is 2.23. The van der Waals surface area contributed by atoms with Crippen molar-refractivity contribution in [3.05, 3.63) is 46.0 Å². The molecule has 2 aromatic heterocycles. The number of aromatic nitrogens is 2. The van der Waals surface area contributed by atoms with E-state index in [1.54, 1.807) is 16.7 Å². The molecule has 1 unspecified atom stereocenters. The van der Waals surface area contributed by atoms with E-state index < -0.39 is 0 Å². The number of hydrogen-bond donors (Lipinski definition) is 0. The van der Waals surface area contributed by atoms with E-state index in [9.17, 15) is 9.59 Å². The van der Waals surface area contributed by atoms with E-state index in [-0.39, 0.29) is 11.0 Å². The van der Waals surface area contributed by atoms with Crippen LogP contribution in [-0.4, -0.2) is 51.3 Å². The van der Waals surface area contributed by atoms with Crippen LogP contribution in [0.5, 0.6) is 0 Å². The van der Waals surface area contributed by atoms with Crippen molar-refractivity contribution in [2.75, 3.05) is 26.2 Å². The smallest absolute Gasteiger partial charge is 0.258 e. The first kappa shape index (κ1) is 18.2. The van der Waals surface area contributed by atoms with Crippen LogP contribution in [0, 0.1) is 12.3 Å². The number of piperidine rings is 2. The minimum atomic E-state index is -0.0258. The van der Waals surface area contributed by atoms with Gasteiger partial charge in [0.1, 0.15) is 5.65 Å². The van der Waals surface area contributed by atoms with Crippen LogP contribution in [0.3, 0.4) is 0 Å². The molecule has 2 aliphatic heterocycles. The van der Waals surface area contributed by atoms with Crippen LogP contribution in [0.1, 0.15) is 43.9 Å². The molecule has 1 spiro atoms. The molecule has 0 bridgehead atoms. The summed E-state index contributed by atoms with van der Waals surface area (Å²) in [5, 5.41) is 0. The largest absolute Gasteiger partial charge is 0.342 e. The Morgan fingerprint density at radius 3 is 2.85 bits per heavy atom. The monoisotopic (exact) mass is 368 g/mol. The highest BCUT2D eigenvalue weighted by atomic mass is 16.2. The molecule has 0 N–H and O–H groups in total. The molecule has 0 radical (unpaired) electrons. The van der Waals surface area contributed by atoms with Crippen molar-refractivity contribution in [2.45, 2.75) is 46.1 Å². The van der Waals surface area contributed by atoms with E-state index in [2.05, 4.69) is 11.8 Å². The second-order valence-electron chi connectivity index (χ2n) is 8.24. The van der Waals surface area contributed by atoms with Crippen molar-refractivity contribution in [2.24, 2.45) is 5.41 Å². The second-order valence-corrected chi connectivity index (χ2v) is 8.24. The van der Waals surface area contributed by atoms with Crippen LogP contribution in [0.4, 0.5) is 0 Å². The maximum absolute atomic E-state index is 12.4. The number of carbonyl (C=O) groups is 1. The molecule has 2 aromatic rings. The summed E-state index contributed by atoms with van der Waals surface area (Å²) in [5.41, 5.74) is 2.82. The summed E-state index contributed by atoms with van der Waals surface area (Å²) in [6.07, 6.45) is 5.75. The number of carbonyl (C=O) groups excluding carboxylic acids is 1. The van der Waals surface area contributed by atoms with Crippen molar-refractivity contribution in [1.82, 2.24) is 19.2 Å². The van der Waals surface area contributed by atoms with Gasteiger partial charge in [-0.3, -0.25) is 18.9 Å². The Morgan fingerprint density at radius 1 is 1.19 bits per heavy atom. The number of rotatable bonds is 3. The number of aryl methyl sites for hydroxylation is 1. The summed E-state index contributed by atoms with van der Waals surface area (Å²) < 4.78 is 1.60. The summed E-state index contributed by atoms with van der Waals surface area (Å²) in [6, 6.07) is 5.54. The fourth-order valence-corrected chi connectivity index (χ4v) is 4.73. The zero-order valence-corrected chi connectivity index (χ0v) is 16.3. The summed E-state index contributed by atoms with van der Waals surface area (Å²) in [7, 11) is 0. The van der Waals surface area contributed by atoms with Gasteiger partial charge in [-0.25, -0.2) is 4.98 Å². The quantitative estimate of drug-likeness (QED) is 0.834. The zero-order chi connectivity index (χ0) is 19.0. The fourth-order valence-electron chi connectivity index (χ4n) is 4.73. The summed E-state index contributed by atoms with van der Waals surface area (Å²) in [5.74, 6) is 0.292. The molecule has 1 atom stereocenters. The van der Waals surface area contributed by atoms with E-state index in [1.165, 1.54) is 6.42 Å². The molecular weight excluding hydrogens is 340 g/mol. The molecule has 144 valence electrons. The molecule has 0 aromatic carbocycles. The average Bonchev–Trinajstić information content (AvgIpc) is 2.64. The number of hydrogen-bond acceptors (Lipinski definition) is 4. The topological polar surface area (TPSA) is 57.9 Å². The van der Waals surface area contributed by atoms with Crippen LogP contribution >= 0.6 is 0 Å². The van der Waals surface area contributed by atoms with Gasteiger partial charge in [-0.1, -0.05) is 0 Å². The van der Waals surface area contributed by atoms with Gasteiger partial charge in [-0.15, -0.1) is 0 Å². The second kappa shape index (κ2) is 7.08. The Balaban J connectivity index is 1.54. The maximum atomic E-state index is 12.4. The van der Waals surface area contributed by atoms with Gasteiger partial charge in [-0.05, 0) is 57.4 Å². The first-order valence-corrected chi connectivity index (χ1v) is 9.97. The van der Waals surface area contributed by atoms with Crippen LogP contribution in [-0.2, 0) is 11.3 Å². The standard InChI is InChI=1S/C21H28N4O2/c1-3-24-15-21(8-5-19(24)26)7-4-9-23(14-21)13-17-12-20(27)25-10-6-16(2)11-18(25)22-17/h6,10-12H,3-5,7-9,13-15H2,1-2H3. The molecule has 0 aliphatic carbocycles. The third-order valence-corrected chi connectivity index (χ3v) is 6.13. The molecule has 2 fully saturated rings. The van der Waals surface area contributed by atoms with Gasteiger partial charge in [0.15, 0.2) is 0 Å². The van der Waals surface area contributed by atoms with E-state index in [0.29, 0.717) is 24.5 Å². The van der Waals surface area contributed by atoms with Gasteiger partial charge in [0.05, 0.1) is 5.69 Å². The zero-order valence-electron chi connectivity index (χ0n) is 16.3. The molecule has 0 saturated carbocycles. The normalized spacial score (nSPS) is 24.1. The lowest BCUT2D eigenvalue weighted by Crippen LogP contribution is -2.53. The first-order chi connectivity index (χ1) is 13.0. The van der Waals surface area contributed by atoms with Crippen LogP contribution in [0.15, 0.2) is 29.2 Å². The number of likely N-dealkylation sites (tertiary alicyclic amines) is 2. The van der Waals surface area contributed by atoms with E-state index in [4.69, 9.17) is 4.98 Å². The van der Waals surface area contributed by atoms with E-state index in [1.807, 2.05) is 24.0 Å². The summed E-state index contributed by atoms with van der Waals surface area (Å²) in [6.45, 7) is 8.43. The third kappa shape index (κ3) is 3.63. The van der Waals surface area contributed by atoms with Crippen molar-refractivity contribution < 1.29 is 4.79 Å². The van der Waals surface area contributed by atoms with Crippen LogP contribution in [0.25, 0.3) is 5.65 Å². The SMILES string of the molecule is CCN1CC2(CCCN(Cc3cc(=O)n4ccc(C)cc4n3)C2)CCC1=O. The van der Waals surface area contributed by atoms with Gasteiger partial charge in [-0.2, -0.15) is 0 Å². The Bertz CT molecular complexity index is 922. The molecule has 4 rings (SSSR count). The van der Waals surface area contributed by atoms with Gasteiger partial charge >= 0.3 is 0 Å². The highest BCUT2D eigenvalue weighted by Crippen LogP contribution is 2.39. The Morgan fingerprint density at radius 2 is 2.04 bits per heavy atom. The first-order valence-electron chi connectivity index (χ1n) is 9.97. The minimum absolute atomic E-state index is 0.0258. The maximum Gasteiger partial charge on any atom is 0.258 e. The highest BCUT2D eigenvalue weighted by Gasteiger charge is 2.41. The third-order valence-electron chi connectivity index (χ3n) is 6.13.